The molecule has 0 aliphatic heterocycles. The van der Waals surface area contributed by atoms with Crippen molar-refractivity contribution in [3.8, 4) is 11.4 Å². The fourth-order valence-corrected chi connectivity index (χ4v) is 2.70. The zero-order valence-electron chi connectivity index (χ0n) is 13.9. The number of amides is 1. The maximum absolute atomic E-state index is 12.3. The Balaban J connectivity index is 1.59. The molecule has 0 spiro atoms. The van der Waals surface area contributed by atoms with Crippen molar-refractivity contribution < 1.29 is 4.79 Å². The largest absolute Gasteiger partial charge is 0.338 e. The van der Waals surface area contributed by atoms with E-state index in [4.69, 9.17) is 0 Å². The SMILES string of the molecule is O=C(/C=C\c1ccncc1)Nc1ccccc1-c1nc2ccccc2[nH]1. The number of imidazole rings is 1. The molecule has 1 amide bonds. The van der Waals surface area contributed by atoms with Gasteiger partial charge in [-0.15, -0.1) is 0 Å². The predicted molar refractivity (Wildman–Crippen MR) is 103 cm³/mol. The Morgan fingerprint density at radius 2 is 1.73 bits per heavy atom. The fraction of sp³-hybridized carbons (Fsp3) is 0. The highest BCUT2D eigenvalue weighted by Crippen LogP contribution is 2.27. The number of para-hydroxylation sites is 3. The van der Waals surface area contributed by atoms with E-state index in [1.165, 1.54) is 6.08 Å². The van der Waals surface area contributed by atoms with Crippen LogP contribution in [0.25, 0.3) is 28.5 Å². The number of carbonyl (C=O) groups is 1. The molecule has 2 heterocycles. The lowest BCUT2D eigenvalue weighted by Gasteiger charge is -2.07. The first-order chi connectivity index (χ1) is 12.8. The summed E-state index contributed by atoms with van der Waals surface area (Å²) < 4.78 is 0. The average molecular weight is 340 g/mol. The van der Waals surface area contributed by atoms with Gasteiger partial charge in [-0.05, 0) is 48.0 Å². The van der Waals surface area contributed by atoms with Crippen LogP contribution in [-0.2, 0) is 4.79 Å². The summed E-state index contributed by atoms with van der Waals surface area (Å²) in [7, 11) is 0. The first-order valence-electron chi connectivity index (χ1n) is 8.23. The number of H-pyrrole nitrogens is 1. The third-order valence-corrected chi connectivity index (χ3v) is 3.96. The lowest BCUT2D eigenvalue weighted by Crippen LogP contribution is -2.08. The van der Waals surface area contributed by atoms with Gasteiger partial charge in [-0.3, -0.25) is 9.78 Å². The first kappa shape index (κ1) is 15.8. The Hall–Kier alpha value is -3.73. The number of aromatic nitrogens is 3. The van der Waals surface area contributed by atoms with Crippen LogP contribution in [0.1, 0.15) is 5.56 Å². The van der Waals surface area contributed by atoms with Crippen molar-refractivity contribution >= 4 is 28.7 Å². The van der Waals surface area contributed by atoms with Crippen LogP contribution in [-0.4, -0.2) is 20.9 Å². The Morgan fingerprint density at radius 1 is 0.962 bits per heavy atom. The number of hydrogen-bond acceptors (Lipinski definition) is 3. The fourth-order valence-electron chi connectivity index (χ4n) is 2.70. The van der Waals surface area contributed by atoms with Crippen LogP contribution >= 0.6 is 0 Å². The van der Waals surface area contributed by atoms with E-state index in [9.17, 15) is 4.79 Å². The molecule has 2 aromatic carbocycles. The number of benzene rings is 2. The number of pyridine rings is 1. The minimum absolute atomic E-state index is 0.203. The molecule has 5 heteroatoms. The average Bonchev–Trinajstić information content (AvgIpc) is 3.12. The summed E-state index contributed by atoms with van der Waals surface area (Å²) in [6, 6.07) is 19.1. The molecule has 4 aromatic rings. The smallest absolute Gasteiger partial charge is 0.248 e. The molecule has 4 rings (SSSR count). The lowest BCUT2D eigenvalue weighted by atomic mass is 10.1. The van der Waals surface area contributed by atoms with Crippen LogP contribution in [0.5, 0.6) is 0 Å². The first-order valence-corrected chi connectivity index (χ1v) is 8.23. The van der Waals surface area contributed by atoms with Gasteiger partial charge in [-0.2, -0.15) is 0 Å². The molecule has 2 aromatic heterocycles. The Morgan fingerprint density at radius 3 is 2.58 bits per heavy atom. The molecule has 0 fully saturated rings. The minimum Gasteiger partial charge on any atom is -0.338 e. The van der Waals surface area contributed by atoms with E-state index in [0.29, 0.717) is 5.69 Å². The van der Waals surface area contributed by atoms with Crippen molar-refractivity contribution in [3.63, 3.8) is 0 Å². The zero-order valence-corrected chi connectivity index (χ0v) is 13.9. The topological polar surface area (TPSA) is 70.7 Å². The molecule has 5 nitrogen and oxygen atoms in total. The van der Waals surface area contributed by atoms with Crippen molar-refractivity contribution in [2.45, 2.75) is 0 Å². The molecular formula is C21H16N4O. The van der Waals surface area contributed by atoms with Gasteiger partial charge < -0.3 is 10.3 Å². The van der Waals surface area contributed by atoms with Gasteiger partial charge in [0.2, 0.25) is 5.91 Å². The van der Waals surface area contributed by atoms with Gasteiger partial charge in [0.1, 0.15) is 5.82 Å². The highest BCUT2D eigenvalue weighted by atomic mass is 16.1. The van der Waals surface area contributed by atoms with E-state index >= 15 is 0 Å². The molecule has 0 saturated heterocycles. The van der Waals surface area contributed by atoms with Crippen molar-refractivity contribution in [2.24, 2.45) is 0 Å². The summed E-state index contributed by atoms with van der Waals surface area (Å²) in [5.41, 5.74) is 4.31. The summed E-state index contributed by atoms with van der Waals surface area (Å²) in [5.74, 6) is 0.519. The Bertz CT molecular complexity index is 1050. The summed E-state index contributed by atoms with van der Waals surface area (Å²) in [5, 5.41) is 2.92. The van der Waals surface area contributed by atoms with E-state index in [0.717, 1.165) is 28.0 Å². The molecule has 26 heavy (non-hydrogen) atoms. The molecule has 0 unspecified atom stereocenters. The molecular weight excluding hydrogens is 324 g/mol. The summed E-state index contributed by atoms with van der Waals surface area (Å²) in [6.45, 7) is 0. The molecule has 0 saturated carbocycles. The Kier molecular flexibility index (Phi) is 4.26. The number of fused-ring (bicyclic) bond motifs is 1. The highest BCUT2D eigenvalue weighted by molar-refractivity contribution is 6.04. The number of nitrogens with zero attached hydrogens (tertiary/aromatic N) is 2. The van der Waals surface area contributed by atoms with E-state index in [1.807, 2.05) is 60.7 Å². The maximum atomic E-state index is 12.3. The van der Waals surface area contributed by atoms with E-state index in [1.54, 1.807) is 18.5 Å². The van der Waals surface area contributed by atoms with Crippen LogP contribution in [0, 0.1) is 0 Å². The van der Waals surface area contributed by atoms with Gasteiger partial charge in [0.25, 0.3) is 0 Å². The van der Waals surface area contributed by atoms with Crippen LogP contribution in [0.3, 0.4) is 0 Å². The highest BCUT2D eigenvalue weighted by Gasteiger charge is 2.10. The number of hydrogen-bond donors (Lipinski definition) is 2. The summed E-state index contributed by atoms with van der Waals surface area (Å²) in [6.07, 6.45) is 6.63. The lowest BCUT2D eigenvalue weighted by molar-refractivity contribution is -0.111. The van der Waals surface area contributed by atoms with Gasteiger partial charge in [-0.25, -0.2) is 4.98 Å². The van der Waals surface area contributed by atoms with Crippen molar-refractivity contribution in [2.75, 3.05) is 5.32 Å². The van der Waals surface area contributed by atoms with Crippen LogP contribution < -0.4 is 5.32 Å². The van der Waals surface area contributed by atoms with Crippen LogP contribution in [0.2, 0.25) is 0 Å². The molecule has 126 valence electrons. The second kappa shape index (κ2) is 7.03. The molecule has 0 radical (unpaired) electrons. The van der Waals surface area contributed by atoms with Gasteiger partial charge in [-0.1, -0.05) is 24.3 Å². The van der Waals surface area contributed by atoms with E-state index in [2.05, 4.69) is 20.3 Å². The summed E-state index contributed by atoms with van der Waals surface area (Å²) >= 11 is 0. The van der Waals surface area contributed by atoms with Gasteiger partial charge in [0.15, 0.2) is 0 Å². The van der Waals surface area contributed by atoms with Crippen molar-refractivity contribution in [1.29, 1.82) is 0 Å². The van der Waals surface area contributed by atoms with Gasteiger partial charge in [0, 0.05) is 24.0 Å². The Labute approximate surface area is 150 Å². The molecule has 0 bridgehead atoms. The van der Waals surface area contributed by atoms with Crippen LogP contribution in [0.15, 0.2) is 79.1 Å². The third-order valence-electron chi connectivity index (χ3n) is 3.96. The van der Waals surface area contributed by atoms with Crippen molar-refractivity contribution in [1.82, 2.24) is 15.0 Å². The predicted octanol–water partition coefficient (Wildman–Crippen LogP) is 4.28. The molecule has 0 aliphatic carbocycles. The number of carbonyl (C=O) groups excluding carboxylic acids is 1. The zero-order chi connectivity index (χ0) is 17.8. The third kappa shape index (κ3) is 3.37. The maximum Gasteiger partial charge on any atom is 0.248 e. The van der Waals surface area contributed by atoms with Gasteiger partial charge in [0.05, 0.1) is 16.7 Å². The standard InChI is InChI=1S/C21H16N4O/c26-20(10-9-15-11-13-22-14-12-15)23-17-6-2-1-5-16(17)21-24-18-7-3-4-8-19(18)25-21/h1-14H,(H,23,26)(H,24,25)/b10-9-. The molecule has 0 atom stereocenters. The number of anilines is 1. The molecule has 0 aliphatic rings. The second-order valence-corrected chi connectivity index (χ2v) is 5.75. The van der Waals surface area contributed by atoms with E-state index < -0.39 is 0 Å². The minimum atomic E-state index is -0.203. The quantitative estimate of drug-likeness (QED) is 0.545. The van der Waals surface area contributed by atoms with Gasteiger partial charge >= 0.3 is 0 Å². The van der Waals surface area contributed by atoms with Crippen LogP contribution in [0.4, 0.5) is 5.69 Å². The monoisotopic (exact) mass is 340 g/mol. The molecule has 2 N–H and O–H groups in total. The number of rotatable bonds is 4. The normalized spacial score (nSPS) is 11.1. The van der Waals surface area contributed by atoms with Crippen molar-refractivity contribution in [3.05, 3.63) is 84.7 Å². The number of aromatic amines is 1. The second-order valence-electron chi connectivity index (χ2n) is 5.75. The number of nitrogens with one attached hydrogen (secondary N) is 2. The summed E-state index contributed by atoms with van der Waals surface area (Å²) in [4.78, 5) is 24.2. The van der Waals surface area contributed by atoms with E-state index in [-0.39, 0.29) is 5.91 Å².